The zero-order valence-electron chi connectivity index (χ0n) is 31.6. The average Bonchev–Trinajstić information content (AvgIpc) is 3.00. The molecule has 0 aliphatic heterocycles. The molecule has 5 aliphatic carbocycles. The molecule has 0 aromatic carbocycles. The number of fused-ring (bicyclic) bond motifs is 7. The first-order valence-electron chi connectivity index (χ1n) is 18.4. The van der Waals surface area contributed by atoms with Crippen molar-refractivity contribution in [3.05, 3.63) is 11.6 Å². The van der Waals surface area contributed by atoms with Crippen LogP contribution in [0.25, 0.3) is 0 Å². The van der Waals surface area contributed by atoms with Crippen LogP contribution in [0.4, 0.5) is 0 Å². The van der Waals surface area contributed by atoms with E-state index in [0.717, 1.165) is 31.3 Å². The molecular weight excluding hydrogens is 628 g/mol. The van der Waals surface area contributed by atoms with Crippen LogP contribution in [0.3, 0.4) is 0 Å². The van der Waals surface area contributed by atoms with E-state index in [-0.39, 0.29) is 35.2 Å². The first-order valence-corrected chi connectivity index (χ1v) is 18.4. The fourth-order valence-corrected chi connectivity index (χ4v) is 12.1. The van der Waals surface area contributed by atoms with Gasteiger partial charge in [0.15, 0.2) is 0 Å². The lowest BCUT2D eigenvalue weighted by molar-refractivity contribution is -0.294. The molecule has 0 amide bonds. The molecule has 4 N–H and O–H groups in total. The maximum atomic E-state index is 13.9. The summed E-state index contributed by atoms with van der Waals surface area (Å²) in [5.41, 5.74) is -4.89. The quantitative estimate of drug-likeness (QED) is 0.172. The Labute approximate surface area is 292 Å². The van der Waals surface area contributed by atoms with Crippen molar-refractivity contribution in [2.45, 2.75) is 157 Å². The first kappa shape index (κ1) is 38.2. The fraction of sp³-hybridized carbons (Fsp3) is 0.872. The summed E-state index contributed by atoms with van der Waals surface area (Å²) in [6.45, 7) is 20.0. The molecule has 5 rings (SSSR count). The van der Waals surface area contributed by atoms with Crippen LogP contribution in [0.1, 0.15) is 121 Å². The van der Waals surface area contributed by atoms with Gasteiger partial charge in [-0.25, -0.2) is 4.79 Å². The van der Waals surface area contributed by atoms with Crippen LogP contribution in [-0.2, 0) is 28.6 Å². The maximum Gasteiger partial charge on any atom is 0.350 e. The topological polar surface area (TPSA) is 160 Å². The number of ether oxygens (including phenoxy) is 3. The lowest BCUT2D eigenvalue weighted by Gasteiger charge is -2.73. The van der Waals surface area contributed by atoms with Crippen LogP contribution in [0.2, 0.25) is 0 Å². The average molecular weight is 691 g/mol. The van der Waals surface area contributed by atoms with Crippen LogP contribution in [0.15, 0.2) is 11.6 Å². The smallest absolute Gasteiger partial charge is 0.350 e. The lowest BCUT2D eigenvalue weighted by Crippen LogP contribution is -2.76. The van der Waals surface area contributed by atoms with E-state index >= 15 is 0 Å². The van der Waals surface area contributed by atoms with E-state index in [0.29, 0.717) is 12.8 Å². The minimum Gasteiger partial charge on any atom is -0.465 e. The van der Waals surface area contributed by atoms with Gasteiger partial charge in [0.25, 0.3) is 0 Å². The van der Waals surface area contributed by atoms with Gasteiger partial charge in [0.05, 0.1) is 29.8 Å². The van der Waals surface area contributed by atoms with Gasteiger partial charge in [-0.05, 0) is 91.3 Å². The predicted molar refractivity (Wildman–Crippen MR) is 182 cm³/mol. The van der Waals surface area contributed by atoms with Gasteiger partial charge in [-0.2, -0.15) is 0 Å². The molecule has 0 aromatic rings. The van der Waals surface area contributed by atoms with Crippen molar-refractivity contribution in [2.75, 3.05) is 6.61 Å². The second-order valence-electron chi connectivity index (χ2n) is 18.5. The number of carbonyl (C=O) groups excluding carboxylic acids is 3. The van der Waals surface area contributed by atoms with Gasteiger partial charge in [0.1, 0.15) is 12.7 Å². The third kappa shape index (κ3) is 5.19. The molecule has 5 aliphatic rings. The minimum absolute atomic E-state index is 0.0970. The number of esters is 3. The van der Waals surface area contributed by atoms with Crippen LogP contribution >= 0.6 is 0 Å². The van der Waals surface area contributed by atoms with E-state index < -0.39 is 82.1 Å². The first-order chi connectivity index (χ1) is 22.4. The van der Waals surface area contributed by atoms with Gasteiger partial charge in [-0.1, -0.05) is 67.0 Å². The zero-order chi connectivity index (χ0) is 36.9. The Morgan fingerprint density at radius 2 is 1.51 bits per heavy atom. The summed E-state index contributed by atoms with van der Waals surface area (Å²) in [4.78, 5) is 38.4. The minimum atomic E-state index is -1.67. The molecular formula is C39H62O10. The monoisotopic (exact) mass is 690 g/mol. The van der Waals surface area contributed by atoms with Crippen molar-refractivity contribution in [3.8, 4) is 0 Å². The van der Waals surface area contributed by atoms with E-state index in [1.165, 1.54) is 20.8 Å². The van der Waals surface area contributed by atoms with Crippen molar-refractivity contribution < 1.29 is 49.0 Å². The Bertz CT molecular complexity index is 1390. The van der Waals surface area contributed by atoms with Crippen molar-refractivity contribution in [1.29, 1.82) is 0 Å². The van der Waals surface area contributed by atoms with Gasteiger partial charge in [-0.3, -0.25) is 9.59 Å². The highest BCUT2D eigenvalue weighted by molar-refractivity contribution is 5.82. The SMILES string of the molecule is CCC(C)(OC(C)=O)C(=O)OC1C(O)C(C)(C)CC2C3=CCC4C5(C)CCC(O)C(C)(C)C5CCC4(C)C3(C)C(O)C(O)C21COC(C)=O. The number of aliphatic hydroxyl groups excluding tert-OH is 4. The van der Waals surface area contributed by atoms with Crippen molar-refractivity contribution in [2.24, 2.45) is 50.2 Å². The molecule has 0 aromatic heterocycles. The second kappa shape index (κ2) is 12.0. The van der Waals surface area contributed by atoms with Gasteiger partial charge in [-0.15, -0.1) is 0 Å². The van der Waals surface area contributed by atoms with Crippen LogP contribution < -0.4 is 0 Å². The molecule has 4 fully saturated rings. The molecule has 0 heterocycles. The lowest BCUT2D eigenvalue weighted by atomic mass is 9.32. The number of hydrogen-bond donors (Lipinski definition) is 4. The van der Waals surface area contributed by atoms with Gasteiger partial charge >= 0.3 is 17.9 Å². The third-order valence-corrected chi connectivity index (χ3v) is 15.4. The highest BCUT2D eigenvalue weighted by Gasteiger charge is 2.76. The highest BCUT2D eigenvalue weighted by Crippen LogP contribution is 2.76. The molecule has 49 heavy (non-hydrogen) atoms. The summed E-state index contributed by atoms with van der Waals surface area (Å²) in [6, 6.07) is 0. The Hall–Kier alpha value is -2.01. The summed E-state index contributed by atoms with van der Waals surface area (Å²) in [5, 5.41) is 48.4. The number of aliphatic hydroxyl groups is 4. The molecule has 0 radical (unpaired) electrons. The molecule has 4 saturated carbocycles. The largest absolute Gasteiger partial charge is 0.465 e. The zero-order valence-corrected chi connectivity index (χ0v) is 31.6. The molecule has 10 heteroatoms. The Morgan fingerprint density at radius 1 is 0.878 bits per heavy atom. The summed E-state index contributed by atoms with van der Waals surface area (Å²) in [6.07, 6.45) is 0.651. The molecule has 13 atom stereocenters. The number of rotatable bonds is 6. The van der Waals surface area contributed by atoms with Crippen LogP contribution in [0.5, 0.6) is 0 Å². The molecule has 278 valence electrons. The van der Waals surface area contributed by atoms with E-state index in [4.69, 9.17) is 14.2 Å². The Balaban J connectivity index is 1.68. The second-order valence-corrected chi connectivity index (χ2v) is 18.5. The summed E-state index contributed by atoms with van der Waals surface area (Å²) >= 11 is 0. The van der Waals surface area contributed by atoms with E-state index in [2.05, 4.69) is 40.7 Å². The van der Waals surface area contributed by atoms with Crippen molar-refractivity contribution >= 4 is 17.9 Å². The summed E-state index contributed by atoms with van der Waals surface area (Å²) in [5.74, 6) is -2.26. The van der Waals surface area contributed by atoms with E-state index in [1.807, 2.05) is 13.8 Å². The fourth-order valence-electron chi connectivity index (χ4n) is 12.1. The Morgan fingerprint density at radius 3 is 2.08 bits per heavy atom. The van der Waals surface area contributed by atoms with E-state index in [9.17, 15) is 34.8 Å². The molecule has 0 saturated heterocycles. The van der Waals surface area contributed by atoms with Crippen molar-refractivity contribution in [3.63, 3.8) is 0 Å². The molecule has 13 unspecified atom stereocenters. The third-order valence-electron chi connectivity index (χ3n) is 15.4. The molecule has 10 nitrogen and oxygen atoms in total. The van der Waals surface area contributed by atoms with E-state index in [1.54, 1.807) is 6.92 Å². The normalized spacial score (nSPS) is 46.3. The number of carbonyl (C=O) groups is 3. The summed E-state index contributed by atoms with van der Waals surface area (Å²) in [7, 11) is 0. The standard InChI is InChI=1S/C39H62O10/c1-12-37(10,49-22(3)41)32(46)48-31-30(45)33(4,5)19-24-23-13-14-26-35(8)17-16-27(42)34(6,7)25(35)15-18-36(26,9)38(23,11)28(43)29(44)39(24,31)20-47-21(2)40/h13,24-31,42-45H,12,14-20H2,1-11H3. The van der Waals surface area contributed by atoms with Gasteiger partial charge in [0, 0.05) is 19.3 Å². The Kier molecular flexibility index (Phi) is 9.38. The van der Waals surface area contributed by atoms with Gasteiger partial charge in [0.2, 0.25) is 5.60 Å². The summed E-state index contributed by atoms with van der Waals surface area (Å²) < 4.78 is 17.3. The number of hydrogen-bond acceptors (Lipinski definition) is 10. The molecule has 0 bridgehead atoms. The maximum absolute atomic E-state index is 13.9. The van der Waals surface area contributed by atoms with Gasteiger partial charge < -0.3 is 34.6 Å². The van der Waals surface area contributed by atoms with Crippen molar-refractivity contribution in [1.82, 2.24) is 0 Å². The predicted octanol–water partition coefficient (Wildman–Crippen LogP) is 4.88. The molecule has 0 spiro atoms. The highest BCUT2D eigenvalue weighted by atomic mass is 16.6. The number of allylic oxidation sites excluding steroid dienone is 1. The van der Waals surface area contributed by atoms with Crippen LogP contribution in [0, 0.1) is 50.2 Å². The van der Waals surface area contributed by atoms with Crippen LogP contribution in [-0.4, -0.2) is 81.1 Å².